The minimum atomic E-state index is -5.47. The van der Waals surface area contributed by atoms with Crippen molar-refractivity contribution in [3.05, 3.63) is 0 Å². The molecule has 2 saturated heterocycles. The fourth-order valence-electron chi connectivity index (χ4n) is 5.17. The molecule has 0 aromatic heterocycles. The van der Waals surface area contributed by atoms with Gasteiger partial charge < -0.3 is 29.4 Å². The van der Waals surface area contributed by atoms with Crippen LogP contribution in [0.5, 0.6) is 0 Å². The van der Waals surface area contributed by atoms with E-state index in [2.05, 4.69) is 19.4 Å². The fourth-order valence-corrected chi connectivity index (χ4v) is 5.64. The van der Waals surface area contributed by atoms with Gasteiger partial charge in [0.2, 0.25) is 5.91 Å². The van der Waals surface area contributed by atoms with Crippen molar-refractivity contribution in [2.45, 2.75) is 136 Å². The number of rotatable bonds is 18. The van der Waals surface area contributed by atoms with Crippen molar-refractivity contribution < 1.29 is 44.9 Å². The highest BCUT2D eigenvalue weighted by Crippen LogP contribution is 2.24. The topological polar surface area (TPSA) is 135 Å². The quantitative estimate of drug-likeness (QED) is 0.0956. The summed E-state index contributed by atoms with van der Waals surface area (Å²) in [5.74, 6) is 1.43. The highest BCUT2D eigenvalue weighted by atomic mass is 32.2. The Morgan fingerprint density at radius 3 is 1.86 bits per heavy atom. The van der Waals surface area contributed by atoms with Gasteiger partial charge in [0.25, 0.3) is 0 Å². The van der Waals surface area contributed by atoms with E-state index in [0.29, 0.717) is 32.1 Å². The van der Waals surface area contributed by atoms with Crippen LogP contribution in [0, 0.1) is 0 Å². The summed E-state index contributed by atoms with van der Waals surface area (Å²) >= 11 is 0. The molecular formula is C35H65F3N4O7S. The molecule has 11 nitrogen and oxygen atoms in total. The van der Waals surface area contributed by atoms with Crippen LogP contribution in [0.2, 0.25) is 0 Å². The zero-order valence-electron chi connectivity index (χ0n) is 31.1. The van der Waals surface area contributed by atoms with E-state index in [1.54, 1.807) is 6.92 Å². The predicted molar refractivity (Wildman–Crippen MR) is 192 cm³/mol. The first kappa shape index (κ1) is 47.9. The van der Waals surface area contributed by atoms with Gasteiger partial charge in [-0.2, -0.15) is 21.6 Å². The highest BCUT2D eigenvalue weighted by molar-refractivity contribution is 7.87. The Morgan fingerprint density at radius 2 is 1.44 bits per heavy atom. The number of amides is 1. The predicted octanol–water partition coefficient (Wildman–Crippen LogP) is 6.45. The molecule has 3 rings (SSSR count). The number of hydrogen-bond donors (Lipinski definition) is 1. The van der Waals surface area contributed by atoms with Crippen LogP contribution in [-0.2, 0) is 33.4 Å². The zero-order valence-corrected chi connectivity index (χ0v) is 31.9. The number of hydrogen-bond acceptors (Lipinski definition) is 10. The van der Waals surface area contributed by atoms with Gasteiger partial charge in [0.1, 0.15) is 18.2 Å². The molecule has 3 heterocycles. The highest BCUT2D eigenvalue weighted by Gasteiger charge is 2.47. The molecule has 3 aliphatic rings. The van der Waals surface area contributed by atoms with Crippen molar-refractivity contribution in [1.29, 1.82) is 0 Å². The Hall–Kier alpha value is -2.10. The minimum absolute atomic E-state index is 0.0103. The SMILES string of the molecule is C1CCNCC1.CC(=O)CCCCCOS(=O)(=O)C(F)(F)F.CCC(=O)N(CCCCCC(C)=O)CCN1CCCCC1.CCC1=NCCO1. The second kappa shape index (κ2) is 29.5. The first-order valence-corrected chi connectivity index (χ1v) is 20.0. The molecule has 50 heavy (non-hydrogen) atoms. The van der Waals surface area contributed by atoms with E-state index in [4.69, 9.17) is 4.74 Å². The summed E-state index contributed by atoms with van der Waals surface area (Å²) in [5.41, 5.74) is -5.37. The van der Waals surface area contributed by atoms with Gasteiger partial charge in [-0.05, 0) is 91.4 Å². The maximum atomic E-state index is 12.0. The lowest BCUT2D eigenvalue weighted by atomic mass is 10.1. The van der Waals surface area contributed by atoms with Crippen molar-refractivity contribution in [2.75, 3.05) is 65.6 Å². The first-order chi connectivity index (χ1) is 23.7. The second-order valence-corrected chi connectivity index (χ2v) is 14.3. The van der Waals surface area contributed by atoms with Gasteiger partial charge >= 0.3 is 15.6 Å². The van der Waals surface area contributed by atoms with Crippen LogP contribution >= 0.6 is 0 Å². The third-order valence-electron chi connectivity index (χ3n) is 8.10. The Balaban J connectivity index is 0.000000718. The standard InChI is InChI=1S/C17H32N2O2.C8H13F3O4S.C5H9NO.C5H11N/c1-3-17(21)19(13-9-4-6-10-16(2)20)15-14-18-11-7-5-8-12-18;1-7(12)5-3-2-4-6-15-16(13,14)8(9,10)11;1-2-5-6-3-4-7-5;1-2-4-6-5-3-1/h3-15H2,1-2H3;2-6H2,1H3;2-4H2,1H3;6H,1-5H2. The largest absolute Gasteiger partial charge is 0.523 e. The van der Waals surface area contributed by atoms with Gasteiger partial charge in [0.15, 0.2) is 5.90 Å². The summed E-state index contributed by atoms with van der Waals surface area (Å²) in [6.45, 7) is 15.8. The van der Waals surface area contributed by atoms with E-state index in [1.807, 2.05) is 18.7 Å². The zero-order chi connectivity index (χ0) is 37.7. The van der Waals surface area contributed by atoms with Crippen LogP contribution in [0.1, 0.15) is 130 Å². The maximum Gasteiger partial charge on any atom is 0.523 e. The summed E-state index contributed by atoms with van der Waals surface area (Å²) in [7, 11) is -5.47. The first-order valence-electron chi connectivity index (χ1n) is 18.5. The lowest BCUT2D eigenvalue weighted by Crippen LogP contribution is -2.40. The van der Waals surface area contributed by atoms with Crippen molar-refractivity contribution in [3.63, 3.8) is 0 Å². The Kier molecular flexibility index (Phi) is 28.2. The number of halogens is 3. The molecule has 0 unspecified atom stereocenters. The Morgan fingerprint density at radius 1 is 0.860 bits per heavy atom. The average molecular weight is 743 g/mol. The molecule has 0 aliphatic carbocycles. The van der Waals surface area contributed by atoms with Crippen LogP contribution < -0.4 is 5.32 Å². The van der Waals surface area contributed by atoms with Crippen molar-refractivity contribution in [2.24, 2.45) is 4.99 Å². The van der Waals surface area contributed by atoms with Crippen molar-refractivity contribution in [1.82, 2.24) is 15.1 Å². The number of aliphatic imine (C=N–C) groups is 1. The van der Waals surface area contributed by atoms with Crippen LogP contribution in [0.4, 0.5) is 13.2 Å². The molecule has 0 aromatic carbocycles. The molecule has 1 amide bonds. The normalized spacial score (nSPS) is 16.3. The van der Waals surface area contributed by atoms with Gasteiger partial charge in [-0.15, -0.1) is 0 Å². The average Bonchev–Trinajstić information content (AvgIpc) is 3.63. The van der Waals surface area contributed by atoms with Crippen LogP contribution in [0.25, 0.3) is 0 Å². The van der Waals surface area contributed by atoms with Crippen LogP contribution in [0.3, 0.4) is 0 Å². The molecule has 3 aliphatic heterocycles. The number of piperidine rings is 2. The van der Waals surface area contributed by atoms with Crippen LogP contribution in [-0.4, -0.2) is 113 Å². The molecule has 0 spiro atoms. The number of nitrogens with zero attached hydrogens (tertiary/aromatic N) is 3. The summed E-state index contributed by atoms with van der Waals surface area (Å²) in [6, 6.07) is 0. The molecule has 0 aromatic rings. The van der Waals surface area contributed by atoms with Gasteiger partial charge in [-0.1, -0.05) is 39.5 Å². The van der Waals surface area contributed by atoms with E-state index in [0.717, 1.165) is 64.4 Å². The number of unbranched alkanes of at least 4 members (excludes halogenated alkanes) is 4. The molecular weight excluding hydrogens is 677 g/mol. The lowest BCUT2D eigenvalue weighted by Gasteiger charge is -2.30. The molecule has 1 N–H and O–H groups in total. The van der Waals surface area contributed by atoms with Gasteiger partial charge in [-0.25, -0.2) is 0 Å². The van der Waals surface area contributed by atoms with Crippen LogP contribution in [0.15, 0.2) is 4.99 Å². The summed E-state index contributed by atoms with van der Waals surface area (Å²) in [4.78, 5) is 42.0. The number of carbonyl (C=O) groups is 3. The lowest BCUT2D eigenvalue weighted by molar-refractivity contribution is -0.131. The summed E-state index contributed by atoms with van der Waals surface area (Å²) < 4.78 is 64.9. The molecule has 0 radical (unpaired) electrons. The maximum absolute atomic E-state index is 12.0. The number of likely N-dealkylation sites (tertiary alicyclic amines) is 1. The van der Waals surface area contributed by atoms with Crippen molar-refractivity contribution >= 4 is 33.5 Å². The Labute approximate surface area is 299 Å². The smallest absolute Gasteiger partial charge is 0.479 e. The molecule has 0 bridgehead atoms. The third-order valence-corrected chi connectivity index (χ3v) is 9.14. The third kappa shape index (κ3) is 26.7. The van der Waals surface area contributed by atoms with Gasteiger partial charge in [-0.3, -0.25) is 14.0 Å². The number of alkyl halides is 3. The molecule has 15 heteroatoms. The number of Topliss-reactive ketones (excluding diaryl/α,β-unsaturated/α-hetero) is 2. The van der Waals surface area contributed by atoms with Gasteiger partial charge in [0, 0.05) is 45.3 Å². The fraction of sp³-hybridized carbons (Fsp3) is 0.886. The van der Waals surface area contributed by atoms with Crippen molar-refractivity contribution in [3.8, 4) is 0 Å². The number of carbonyl (C=O) groups excluding carboxylic acids is 3. The summed E-state index contributed by atoms with van der Waals surface area (Å²) in [5, 5.41) is 3.28. The number of nitrogens with one attached hydrogen (secondary N) is 1. The number of ketones is 2. The van der Waals surface area contributed by atoms with E-state index in [9.17, 15) is 36.0 Å². The van der Waals surface area contributed by atoms with E-state index in [1.165, 1.54) is 71.6 Å². The van der Waals surface area contributed by atoms with E-state index < -0.39 is 22.2 Å². The summed E-state index contributed by atoms with van der Waals surface area (Å²) in [6.07, 6.45) is 14.9. The van der Waals surface area contributed by atoms with E-state index >= 15 is 0 Å². The monoisotopic (exact) mass is 742 g/mol. The Bertz CT molecular complexity index is 1040. The van der Waals surface area contributed by atoms with E-state index in [-0.39, 0.29) is 23.9 Å². The minimum Gasteiger partial charge on any atom is -0.479 e. The second-order valence-electron chi connectivity index (χ2n) is 12.7. The molecule has 294 valence electrons. The molecule has 2 fully saturated rings. The number of ether oxygens (including phenoxy) is 1. The molecule has 0 saturated carbocycles. The van der Waals surface area contributed by atoms with Gasteiger partial charge in [0.05, 0.1) is 13.2 Å². The molecule has 0 atom stereocenters.